The summed E-state index contributed by atoms with van der Waals surface area (Å²) in [6.45, 7) is 4.05. The van der Waals surface area contributed by atoms with E-state index in [9.17, 15) is 4.79 Å². The summed E-state index contributed by atoms with van der Waals surface area (Å²) < 4.78 is 5.21. The third-order valence-electron chi connectivity index (χ3n) is 2.96. The highest BCUT2D eigenvalue weighted by Crippen LogP contribution is 2.24. The fourth-order valence-electron chi connectivity index (χ4n) is 1.80. The molecule has 7 heteroatoms. The Balaban J connectivity index is 1.74. The van der Waals surface area contributed by atoms with Crippen molar-refractivity contribution < 1.29 is 9.32 Å². The van der Waals surface area contributed by atoms with E-state index in [1.807, 2.05) is 44.2 Å². The summed E-state index contributed by atoms with van der Waals surface area (Å²) in [6.07, 6.45) is 0. The lowest BCUT2D eigenvalue weighted by Gasteiger charge is -1.96. The van der Waals surface area contributed by atoms with E-state index < -0.39 is 0 Å². The molecule has 6 nitrogen and oxygen atoms in total. The highest BCUT2D eigenvalue weighted by molar-refractivity contribution is 7.15. The smallest absolute Gasteiger partial charge is 0.279 e. The predicted molar refractivity (Wildman–Crippen MR) is 83.9 cm³/mol. The summed E-state index contributed by atoms with van der Waals surface area (Å²) in [6, 6.07) is 11.1. The Morgan fingerprint density at radius 2 is 2.00 bits per heavy atom. The van der Waals surface area contributed by atoms with Gasteiger partial charge in [-0.05, 0) is 0 Å². The number of aromatic nitrogens is 3. The maximum atomic E-state index is 12.1. The van der Waals surface area contributed by atoms with Crippen LogP contribution in [0.5, 0.6) is 0 Å². The number of nitrogens with zero attached hydrogens (tertiary/aromatic N) is 3. The van der Waals surface area contributed by atoms with Crippen molar-refractivity contribution in [3.05, 3.63) is 47.1 Å². The molecule has 1 aromatic carbocycles. The standard InChI is InChI=1S/C15H14N4O2S/c1-9(2)14-17-18-15(22-14)16-13(20)11-8-12(21-19-11)10-6-4-3-5-7-10/h3-9H,1-2H3,(H,16,18,20). The summed E-state index contributed by atoms with van der Waals surface area (Å²) in [5, 5.41) is 15.8. The van der Waals surface area contributed by atoms with Crippen LogP contribution in [0.3, 0.4) is 0 Å². The molecule has 1 amide bonds. The van der Waals surface area contributed by atoms with Gasteiger partial charge >= 0.3 is 0 Å². The number of carbonyl (C=O) groups is 1. The van der Waals surface area contributed by atoms with Crippen LogP contribution in [0.15, 0.2) is 40.9 Å². The molecule has 2 aromatic heterocycles. The van der Waals surface area contributed by atoms with Gasteiger partial charge in [-0.2, -0.15) is 0 Å². The molecule has 0 fully saturated rings. The highest BCUT2D eigenvalue weighted by Gasteiger charge is 2.16. The van der Waals surface area contributed by atoms with Crippen molar-refractivity contribution in [2.45, 2.75) is 19.8 Å². The zero-order valence-corrected chi connectivity index (χ0v) is 12.9. The van der Waals surface area contributed by atoms with Gasteiger partial charge in [0.05, 0.1) is 0 Å². The molecular weight excluding hydrogens is 300 g/mol. The third kappa shape index (κ3) is 3.04. The first-order chi connectivity index (χ1) is 10.6. The third-order valence-corrected chi connectivity index (χ3v) is 4.10. The quantitative estimate of drug-likeness (QED) is 0.796. The fourth-order valence-corrected chi connectivity index (χ4v) is 2.54. The zero-order valence-electron chi connectivity index (χ0n) is 12.1. The second-order valence-corrected chi connectivity index (χ2v) is 6.01. The molecule has 1 N–H and O–H groups in total. The Kier molecular flexibility index (Phi) is 3.97. The van der Waals surface area contributed by atoms with Crippen molar-refractivity contribution in [3.8, 4) is 11.3 Å². The minimum atomic E-state index is -0.364. The summed E-state index contributed by atoms with van der Waals surface area (Å²) in [4.78, 5) is 12.1. The van der Waals surface area contributed by atoms with E-state index >= 15 is 0 Å². The highest BCUT2D eigenvalue weighted by atomic mass is 32.1. The Hall–Kier alpha value is -2.54. The maximum absolute atomic E-state index is 12.1. The molecule has 0 spiro atoms. The van der Waals surface area contributed by atoms with Crippen molar-refractivity contribution >= 4 is 22.4 Å². The van der Waals surface area contributed by atoms with E-state index in [0.29, 0.717) is 10.9 Å². The van der Waals surface area contributed by atoms with E-state index in [1.54, 1.807) is 6.07 Å². The first kappa shape index (κ1) is 14.4. The SMILES string of the molecule is CC(C)c1nnc(NC(=O)c2cc(-c3ccccc3)on2)s1. The van der Waals surface area contributed by atoms with Crippen molar-refractivity contribution in [1.82, 2.24) is 15.4 Å². The molecule has 0 aliphatic rings. The van der Waals surface area contributed by atoms with E-state index in [4.69, 9.17) is 4.52 Å². The van der Waals surface area contributed by atoms with E-state index in [2.05, 4.69) is 20.7 Å². The predicted octanol–water partition coefficient (Wildman–Crippen LogP) is 3.57. The summed E-state index contributed by atoms with van der Waals surface area (Å²) in [5.41, 5.74) is 1.08. The molecule has 3 rings (SSSR count). The van der Waals surface area contributed by atoms with Crippen LogP contribution in [0.1, 0.15) is 35.3 Å². The average Bonchev–Trinajstić information content (AvgIpc) is 3.17. The topological polar surface area (TPSA) is 80.9 Å². The number of rotatable bonds is 4. The van der Waals surface area contributed by atoms with Crippen molar-refractivity contribution in [1.29, 1.82) is 0 Å². The number of hydrogen-bond donors (Lipinski definition) is 1. The number of nitrogens with one attached hydrogen (secondary N) is 1. The van der Waals surface area contributed by atoms with Crippen molar-refractivity contribution in [3.63, 3.8) is 0 Å². The van der Waals surface area contributed by atoms with Crippen LogP contribution < -0.4 is 5.32 Å². The van der Waals surface area contributed by atoms with Gasteiger partial charge in [0.25, 0.3) is 5.91 Å². The van der Waals surface area contributed by atoms with Gasteiger partial charge in [-0.3, -0.25) is 10.1 Å². The van der Waals surface area contributed by atoms with Crippen molar-refractivity contribution in [2.24, 2.45) is 0 Å². The Bertz CT molecular complexity index is 780. The van der Waals surface area contributed by atoms with Gasteiger partial charge in [0.2, 0.25) is 5.13 Å². The molecule has 112 valence electrons. The van der Waals surface area contributed by atoms with Gasteiger partial charge in [0, 0.05) is 17.5 Å². The van der Waals surface area contributed by atoms with Gasteiger partial charge in [0.1, 0.15) is 5.01 Å². The van der Waals surface area contributed by atoms with Crippen LogP contribution in [-0.2, 0) is 0 Å². The molecule has 3 aromatic rings. The monoisotopic (exact) mass is 314 g/mol. The second kappa shape index (κ2) is 6.07. The number of hydrogen-bond acceptors (Lipinski definition) is 6. The van der Waals surface area contributed by atoms with Crippen LogP contribution in [0.2, 0.25) is 0 Å². The summed E-state index contributed by atoms with van der Waals surface area (Å²) in [5.74, 6) is 0.461. The minimum absolute atomic E-state index is 0.208. The van der Waals surface area contributed by atoms with Gasteiger partial charge in [-0.15, -0.1) is 10.2 Å². The van der Waals surface area contributed by atoms with Gasteiger partial charge < -0.3 is 4.52 Å². The van der Waals surface area contributed by atoms with Crippen LogP contribution >= 0.6 is 11.3 Å². The maximum Gasteiger partial charge on any atom is 0.279 e. The van der Waals surface area contributed by atoms with Crippen LogP contribution in [0, 0.1) is 0 Å². The van der Waals surface area contributed by atoms with Crippen LogP contribution in [0.25, 0.3) is 11.3 Å². The summed E-state index contributed by atoms with van der Waals surface area (Å²) in [7, 11) is 0. The van der Waals surface area contributed by atoms with E-state index in [1.165, 1.54) is 11.3 Å². The number of carbonyl (C=O) groups excluding carboxylic acids is 1. The first-order valence-electron chi connectivity index (χ1n) is 6.80. The molecule has 0 unspecified atom stereocenters. The van der Waals surface area contributed by atoms with E-state index in [-0.39, 0.29) is 17.5 Å². The molecule has 0 aliphatic carbocycles. The normalized spacial score (nSPS) is 10.9. The van der Waals surface area contributed by atoms with Gasteiger partial charge in [-0.1, -0.05) is 60.7 Å². The molecule has 0 atom stereocenters. The largest absolute Gasteiger partial charge is 0.355 e. The first-order valence-corrected chi connectivity index (χ1v) is 7.62. The average molecular weight is 314 g/mol. The van der Waals surface area contributed by atoms with Crippen LogP contribution in [-0.4, -0.2) is 21.3 Å². The Morgan fingerprint density at radius 3 is 2.68 bits per heavy atom. The molecule has 0 radical (unpaired) electrons. The van der Waals surface area contributed by atoms with Gasteiger partial charge in [-0.25, -0.2) is 0 Å². The van der Waals surface area contributed by atoms with Crippen molar-refractivity contribution in [2.75, 3.05) is 5.32 Å². The van der Waals surface area contributed by atoms with E-state index in [0.717, 1.165) is 10.6 Å². The lowest BCUT2D eigenvalue weighted by molar-refractivity contribution is 0.101. The molecule has 2 heterocycles. The number of anilines is 1. The van der Waals surface area contributed by atoms with Gasteiger partial charge in [0.15, 0.2) is 11.5 Å². The Morgan fingerprint density at radius 1 is 1.23 bits per heavy atom. The number of benzene rings is 1. The number of amides is 1. The minimum Gasteiger partial charge on any atom is -0.355 e. The molecule has 0 aliphatic heterocycles. The zero-order chi connectivity index (χ0) is 15.5. The molecule has 0 bridgehead atoms. The Labute approximate surface area is 131 Å². The summed E-state index contributed by atoms with van der Waals surface area (Å²) >= 11 is 1.35. The molecule has 0 saturated heterocycles. The fraction of sp³-hybridized carbons (Fsp3) is 0.200. The lowest BCUT2D eigenvalue weighted by Crippen LogP contribution is -2.11. The second-order valence-electron chi connectivity index (χ2n) is 5.00. The lowest BCUT2D eigenvalue weighted by atomic mass is 10.1. The molecular formula is C15H14N4O2S. The molecule has 0 saturated carbocycles. The van der Waals surface area contributed by atoms with Crippen LogP contribution in [0.4, 0.5) is 5.13 Å². The molecule has 22 heavy (non-hydrogen) atoms.